The zero-order chi connectivity index (χ0) is 11.8. The molecule has 1 aromatic heterocycles. The van der Waals surface area contributed by atoms with Gasteiger partial charge in [-0.2, -0.15) is 0 Å². The third kappa shape index (κ3) is 1.96. The predicted octanol–water partition coefficient (Wildman–Crippen LogP) is -1.11. The molecule has 8 nitrogen and oxygen atoms in total. The maximum absolute atomic E-state index is 10.4. The molecule has 2 heterocycles. The first kappa shape index (κ1) is 10.8. The van der Waals surface area contributed by atoms with Crippen molar-refractivity contribution in [2.75, 3.05) is 24.6 Å². The van der Waals surface area contributed by atoms with Crippen molar-refractivity contribution in [3.63, 3.8) is 0 Å². The highest BCUT2D eigenvalue weighted by molar-refractivity contribution is 5.68. The van der Waals surface area contributed by atoms with Gasteiger partial charge in [0.25, 0.3) is 0 Å². The number of carboxylic acids is 1. The number of rotatable bonds is 4. The van der Waals surface area contributed by atoms with Crippen molar-refractivity contribution in [2.45, 2.75) is 12.5 Å². The van der Waals surface area contributed by atoms with Gasteiger partial charge in [0.05, 0.1) is 13.1 Å². The van der Waals surface area contributed by atoms with Gasteiger partial charge in [0.2, 0.25) is 5.95 Å². The van der Waals surface area contributed by atoms with E-state index >= 15 is 0 Å². The maximum atomic E-state index is 10.4. The molecule has 0 radical (unpaired) electrons. The Morgan fingerprint density at radius 2 is 2.31 bits per heavy atom. The van der Waals surface area contributed by atoms with Gasteiger partial charge in [0, 0.05) is 7.05 Å². The van der Waals surface area contributed by atoms with Crippen LogP contribution < -0.4 is 4.90 Å². The number of aliphatic carboxylic acids is 1. The number of carboxylic acid groups (broad SMARTS) is 1. The molecule has 16 heavy (non-hydrogen) atoms. The predicted molar refractivity (Wildman–Crippen MR) is 53.0 cm³/mol. The van der Waals surface area contributed by atoms with Gasteiger partial charge in [-0.15, -0.1) is 0 Å². The van der Waals surface area contributed by atoms with Crippen LogP contribution in [0.4, 0.5) is 5.95 Å². The van der Waals surface area contributed by atoms with E-state index in [-0.39, 0.29) is 6.61 Å². The molecule has 0 aromatic carbocycles. The van der Waals surface area contributed by atoms with Crippen LogP contribution in [-0.2, 0) is 16.6 Å². The zero-order valence-electron chi connectivity index (χ0n) is 9.12. The summed E-state index contributed by atoms with van der Waals surface area (Å²) in [6, 6.07) is 0. The fourth-order valence-electron chi connectivity index (χ4n) is 1.72. The molecule has 0 atom stereocenters. The third-order valence-electron chi connectivity index (χ3n) is 2.48. The Labute approximate surface area is 91.8 Å². The molecule has 0 bridgehead atoms. The molecule has 88 valence electrons. The maximum Gasteiger partial charge on any atom is 0.329 e. The number of ether oxygens (including phenoxy) is 1. The van der Waals surface area contributed by atoms with E-state index in [4.69, 9.17) is 9.84 Å². The third-order valence-corrected chi connectivity index (χ3v) is 2.48. The molecular weight excluding hydrogens is 214 g/mol. The molecule has 1 fully saturated rings. The summed E-state index contributed by atoms with van der Waals surface area (Å²) < 4.78 is 6.84. The zero-order valence-corrected chi connectivity index (χ0v) is 9.12. The lowest BCUT2D eigenvalue weighted by Crippen LogP contribution is -2.62. The second-order valence-corrected chi connectivity index (χ2v) is 4.09. The molecule has 0 aliphatic carbocycles. The van der Waals surface area contributed by atoms with Crippen LogP contribution in [0.5, 0.6) is 0 Å². The number of carbonyl (C=O) groups is 1. The number of tetrazole rings is 1. The van der Waals surface area contributed by atoms with Crippen molar-refractivity contribution in [1.82, 2.24) is 20.2 Å². The number of aryl methyl sites for hydroxylation is 1. The van der Waals surface area contributed by atoms with E-state index in [1.54, 1.807) is 11.7 Å². The average Bonchev–Trinajstić information content (AvgIpc) is 2.57. The quantitative estimate of drug-likeness (QED) is 0.697. The van der Waals surface area contributed by atoms with Crippen LogP contribution in [0.3, 0.4) is 0 Å². The van der Waals surface area contributed by atoms with Crippen LogP contribution in [0.25, 0.3) is 0 Å². The highest BCUT2D eigenvalue weighted by Gasteiger charge is 2.42. The second-order valence-electron chi connectivity index (χ2n) is 4.09. The van der Waals surface area contributed by atoms with E-state index in [0.29, 0.717) is 19.0 Å². The molecule has 0 spiro atoms. The van der Waals surface area contributed by atoms with Gasteiger partial charge >= 0.3 is 5.97 Å². The molecule has 0 unspecified atom stereocenters. The lowest BCUT2D eigenvalue weighted by Gasteiger charge is -2.47. The monoisotopic (exact) mass is 227 g/mol. The molecule has 0 saturated carbocycles. The smallest absolute Gasteiger partial charge is 0.329 e. The normalized spacial score (nSPS) is 18.2. The van der Waals surface area contributed by atoms with Crippen molar-refractivity contribution in [3.05, 3.63) is 0 Å². The minimum absolute atomic E-state index is 0.276. The highest BCUT2D eigenvalue weighted by atomic mass is 16.5. The standard InChI is InChI=1S/C8H13N5O3/c1-8(16-3-6(14)15)4-13(5-8)7-9-10-11-12(7)2/h3-5H2,1-2H3,(H,14,15). The summed E-state index contributed by atoms with van der Waals surface area (Å²) in [4.78, 5) is 12.3. The van der Waals surface area contributed by atoms with Gasteiger partial charge in [0.1, 0.15) is 12.2 Å². The van der Waals surface area contributed by atoms with Gasteiger partial charge in [-0.25, -0.2) is 9.48 Å². The lowest BCUT2D eigenvalue weighted by molar-refractivity contribution is -0.150. The fourth-order valence-corrected chi connectivity index (χ4v) is 1.72. The average molecular weight is 227 g/mol. The molecule has 8 heteroatoms. The summed E-state index contributed by atoms with van der Waals surface area (Å²) in [6.45, 7) is 2.78. The molecule has 1 aliphatic rings. The Morgan fingerprint density at radius 1 is 1.62 bits per heavy atom. The van der Waals surface area contributed by atoms with Crippen LogP contribution in [-0.4, -0.2) is 56.6 Å². The topological polar surface area (TPSA) is 93.4 Å². The summed E-state index contributed by atoms with van der Waals surface area (Å²) in [6.07, 6.45) is 0. The molecule has 1 aliphatic heterocycles. The number of aromatic nitrogens is 4. The Morgan fingerprint density at radius 3 is 2.81 bits per heavy atom. The SMILES string of the molecule is Cn1nnnc1N1CC(C)(OCC(=O)O)C1. The van der Waals surface area contributed by atoms with Crippen LogP contribution in [0.2, 0.25) is 0 Å². The molecule has 0 amide bonds. The van der Waals surface area contributed by atoms with Crippen molar-refractivity contribution < 1.29 is 14.6 Å². The van der Waals surface area contributed by atoms with Crippen molar-refractivity contribution in [1.29, 1.82) is 0 Å². The second kappa shape index (κ2) is 3.71. The van der Waals surface area contributed by atoms with Crippen LogP contribution in [0.15, 0.2) is 0 Å². The van der Waals surface area contributed by atoms with E-state index in [1.807, 2.05) is 11.8 Å². The van der Waals surface area contributed by atoms with Gasteiger partial charge < -0.3 is 14.7 Å². The van der Waals surface area contributed by atoms with Crippen LogP contribution >= 0.6 is 0 Å². The van der Waals surface area contributed by atoms with Crippen LogP contribution in [0, 0.1) is 0 Å². The molecule has 2 rings (SSSR count). The van der Waals surface area contributed by atoms with Gasteiger partial charge in [0.15, 0.2) is 0 Å². The Kier molecular flexibility index (Phi) is 2.50. The minimum Gasteiger partial charge on any atom is -0.480 e. The summed E-state index contributed by atoms with van der Waals surface area (Å²) >= 11 is 0. The molecule has 1 N–H and O–H groups in total. The first-order valence-corrected chi connectivity index (χ1v) is 4.83. The minimum atomic E-state index is -0.958. The van der Waals surface area contributed by atoms with Gasteiger partial charge in [-0.1, -0.05) is 5.10 Å². The summed E-state index contributed by atoms with van der Waals surface area (Å²) in [7, 11) is 1.75. The Bertz CT molecular complexity index is 398. The fraction of sp³-hybridized carbons (Fsp3) is 0.750. The number of hydrogen-bond acceptors (Lipinski definition) is 6. The molecule has 1 aromatic rings. The lowest BCUT2D eigenvalue weighted by atomic mass is 9.97. The van der Waals surface area contributed by atoms with Crippen molar-refractivity contribution in [3.8, 4) is 0 Å². The van der Waals surface area contributed by atoms with Crippen molar-refractivity contribution in [2.24, 2.45) is 7.05 Å². The molecular formula is C8H13N5O3. The molecule has 1 saturated heterocycles. The van der Waals surface area contributed by atoms with Gasteiger partial charge in [-0.05, 0) is 17.4 Å². The van der Waals surface area contributed by atoms with Crippen molar-refractivity contribution >= 4 is 11.9 Å². The largest absolute Gasteiger partial charge is 0.480 e. The number of nitrogens with zero attached hydrogens (tertiary/aromatic N) is 5. The number of anilines is 1. The summed E-state index contributed by atoms with van der Waals surface area (Å²) in [5.41, 5.74) is -0.426. The Hall–Kier alpha value is -1.70. The highest BCUT2D eigenvalue weighted by Crippen LogP contribution is 2.27. The van der Waals surface area contributed by atoms with E-state index in [0.717, 1.165) is 0 Å². The van der Waals surface area contributed by atoms with Gasteiger partial charge in [-0.3, -0.25) is 0 Å². The van der Waals surface area contributed by atoms with Crippen LogP contribution in [0.1, 0.15) is 6.92 Å². The first-order valence-electron chi connectivity index (χ1n) is 4.83. The van der Waals surface area contributed by atoms with E-state index < -0.39 is 11.6 Å². The summed E-state index contributed by atoms with van der Waals surface area (Å²) in [5.74, 6) is -0.295. The van der Waals surface area contributed by atoms with E-state index in [1.165, 1.54) is 0 Å². The summed E-state index contributed by atoms with van der Waals surface area (Å²) in [5, 5.41) is 19.6. The first-order chi connectivity index (χ1) is 7.50. The van der Waals surface area contributed by atoms with E-state index in [9.17, 15) is 4.79 Å². The number of hydrogen-bond donors (Lipinski definition) is 1. The van der Waals surface area contributed by atoms with E-state index in [2.05, 4.69) is 15.5 Å². The Balaban J connectivity index is 1.89.